The number of hydrogen-bond acceptors (Lipinski definition) is 4. The number of nitrogen functional groups attached to an aromatic ring is 1. The lowest BCUT2D eigenvalue weighted by Gasteiger charge is -2.25. The Hall–Kier alpha value is -1.11. The molecular formula is C12H16BrN3O2. The van der Waals surface area contributed by atoms with Crippen LogP contribution in [0.2, 0.25) is 0 Å². The summed E-state index contributed by atoms with van der Waals surface area (Å²) in [7, 11) is 0. The smallest absolute Gasteiger partial charge is 0.238 e. The number of nitrogens with one attached hydrogen (secondary N) is 1. The highest BCUT2D eigenvalue weighted by Gasteiger charge is 2.14. The lowest BCUT2D eigenvalue weighted by Crippen LogP contribution is -2.41. The highest BCUT2D eigenvalue weighted by atomic mass is 79.9. The van der Waals surface area contributed by atoms with Gasteiger partial charge in [0.15, 0.2) is 0 Å². The second-order valence-electron chi connectivity index (χ2n) is 4.18. The van der Waals surface area contributed by atoms with Crippen molar-refractivity contribution in [3.05, 3.63) is 22.7 Å². The van der Waals surface area contributed by atoms with Gasteiger partial charge in [-0.05, 0) is 34.1 Å². The van der Waals surface area contributed by atoms with Crippen LogP contribution in [0.15, 0.2) is 22.7 Å². The highest BCUT2D eigenvalue weighted by Crippen LogP contribution is 2.24. The Labute approximate surface area is 114 Å². The van der Waals surface area contributed by atoms with Gasteiger partial charge in [-0.15, -0.1) is 0 Å². The number of nitrogens with zero attached hydrogens (tertiary/aromatic N) is 1. The minimum Gasteiger partial charge on any atom is -0.399 e. The third kappa shape index (κ3) is 3.69. The summed E-state index contributed by atoms with van der Waals surface area (Å²) in [6, 6.07) is 5.32. The van der Waals surface area contributed by atoms with E-state index in [1.165, 1.54) is 0 Å². The van der Waals surface area contributed by atoms with Gasteiger partial charge in [0.1, 0.15) is 0 Å². The van der Waals surface area contributed by atoms with E-state index < -0.39 is 0 Å². The maximum absolute atomic E-state index is 11.9. The normalized spacial score (nSPS) is 16.5. The number of benzene rings is 1. The zero-order valence-corrected chi connectivity index (χ0v) is 11.6. The second-order valence-corrected chi connectivity index (χ2v) is 5.03. The van der Waals surface area contributed by atoms with Crippen LogP contribution in [0, 0.1) is 0 Å². The molecule has 0 aromatic heterocycles. The predicted molar refractivity (Wildman–Crippen MR) is 74.4 cm³/mol. The number of halogens is 1. The van der Waals surface area contributed by atoms with Gasteiger partial charge in [-0.2, -0.15) is 0 Å². The molecule has 98 valence electrons. The largest absolute Gasteiger partial charge is 0.399 e. The maximum atomic E-state index is 11.9. The first-order valence-corrected chi connectivity index (χ1v) is 6.59. The molecule has 1 fully saturated rings. The Morgan fingerprint density at radius 3 is 2.83 bits per heavy atom. The van der Waals surface area contributed by atoms with Gasteiger partial charge in [-0.3, -0.25) is 9.69 Å². The molecule has 18 heavy (non-hydrogen) atoms. The van der Waals surface area contributed by atoms with Crippen molar-refractivity contribution in [3.63, 3.8) is 0 Å². The fourth-order valence-corrected chi connectivity index (χ4v) is 2.28. The SMILES string of the molecule is Nc1ccc(NC(=O)CN2CCOCC2)c(Br)c1. The lowest BCUT2D eigenvalue weighted by molar-refractivity contribution is -0.118. The van der Waals surface area contributed by atoms with Gasteiger partial charge in [-0.25, -0.2) is 0 Å². The third-order valence-electron chi connectivity index (χ3n) is 2.74. The van der Waals surface area contributed by atoms with Crippen LogP contribution >= 0.6 is 15.9 Å². The monoisotopic (exact) mass is 313 g/mol. The maximum Gasteiger partial charge on any atom is 0.238 e. The van der Waals surface area contributed by atoms with Crippen LogP contribution in [0.5, 0.6) is 0 Å². The van der Waals surface area contributed by atoms with Crippen molar-refractivity contribution in [1.82, 2.24) is 4.90 Å². The number of carbonyl (C=O) groups is 1. The summed E-state index contributed by atoms with van der Waals surface area (Å²) < 4.78 is 6.03. The minimum atomic E-state index is -0.0256. The van der Waals surface area contributed by atoms with Crippen LogP contribution < -0.4 is 11.1 Å². The van der Waals surface area contributed by atoms with Crippen molar-refractivity contribution in [2.24, 2.45) is 0 Å². The summed E-state index contributed by atoms with van der Waals surface area (Å²) in [6.45, 7) is 3.38. The molecule has 0 unspecified atom stereocenters. The number of ether oxygens (including phenoxy) is 1. The first-order chi connectivity index (χ1) is 8.65. The molecule has 0 aliphatic carbocycles. The van der Waals surface area contributed by atoms with Crippen molar-refractivity contribution in [3.8, 4) is 0 Å². The predicted octanol–water partition coefficient (Wildman–Crippen LogP) is 1.30. The quantitative estimate of drug-likeness (QED) is 0.825. The topological polar surface area (TPSA) is 67.6 Å². The highest BCUT2D eigenvalue weighted by molar-refractivity contribution is 9.10. The standard InChI is InChI=1S/C12H16BrN3O2/c13-10-7-9(14)1-2-11(10)15-12(17)8-16-3-5-18-6-4-16/h1-2,7H,3-6,8,14H2,(H,15,17). The number of nitrogens with two attached hydrogens (primary N) is 1. The molecule has 0 saturated carbocycles. The lowest BCUT2D eigenvalue weighted by atomic mass is 10.3. The van der Waals surface area contributed by atoms with Crippen LogP contribution in [0.3, 0.4) is 0 Å². The molecule has 1 heterocycles. The van der Waals surface area contributed by atoms with Crippen molar-refractivity contribution in [2.45, 2.75) is 0 Å². The first-order valence-electron chi connectivity index (χ1n) is 5.80. The molecule has 0 bridgehead atoms. The van der Waals surface area contributed by atoms with Crippen molar-refractivity contribution >= 4 is 33.2 Å². The van der Waals surface area contributed by atoms with Crippen LogP contribution in [-0.2, 0) is 9.53 Å². The van der Waals surface area contributed by atoms with E-state index in [0.717, 1.165) is 23.2 Å². The van der Waals surface area contributed by atoms with E-state index in [-0.39, 0.29) is 5.91 Å². The molecule has 0 radical (unpaired) electrons. The fraction of sp³-hybridized carbons (Fsp3) is 0.417. The molecule has 1 saturated heterocycles. The van der Waals surface area contributed by atoms with Gasteiger partial charge < -0.3 is 15.8 Å². The van der Waals surface area contributed by atoms with E-state index in [4.69, 9.17) is 10.5 Å². The molecule has 1 aromatic carbocycles. The summed E-state index contributed by atoms with van der Waals surface area (Å²) in [5.74, 6) is -0.0256. The number of amides is 1. The molecule has 2 rings (SSSR count). The van der Waals surface area contributed by atoms with Crippen LogP contribution in [-0.4, -0.2) is 43.7 Å². The van der Waals surface area contributed by atoms with Crippen LogP contribution in [0.25, 0.3) is 0 Å². The van der Waals surface area contributed by atoms with Gasteiger partial charge >= 0.3 is 0 Å². The molecule has 1 amide bonds. The third-order valence-corrected chi connectivity index (χ3v) is 3.39. The molecule has 1 aromatic rings. The Bertz CT molecular complexity index is 433. The molecule has 1 aliphatic rings. The molecular weight excluding hydrogens is 298 g/mol. The number of rotatable bonds is 3. The van der Waals surface area contributed by atoms with E-state index >= 15 is 0 Å². The van der Waals surface area contributed by atoms with Gasteiger partial charge in [0.05, 0.1) is 25.4 Å². The number of carbonyl (C=O) groups excluding carboxylic acids is 1. The Morgan fingerprint density at radius 1 is 1.44 bits per heavy atom. The van der Waals surface area contributed by atoms with Crippen molar-refractivity contribution in [2.75, 3.05) is 43.9 Å². The Kier molecular flexibility index (Phi) is 4.57. The zero-order chi connectivity index (χ0) is 13.0. The van der Waals surface area contributed by atoms with Crippen molar-refractivity contribution in [1.29, 1.82) is 0 Å². The first kappa shape index (κ1) is 13.3. The van der Waals surface area contributed by atoms with Crippen molar-refractivity contribution < 1.29 is 9.53 Å². The Morgan fingerprint density at radius 2 is 2.17 bits per heavy atom. The van der Waals surface area contributed by atoms with E-state index in [1.807, 2.05) is 0 Å². The van der Waals surface area contributed by atoms with Gasteiger partial charge in [0.2, 0.25) is 5.91 Å². The van der Waals surface area contributed by atoms with E-state index in [9.17, 15) is 4.79 Å². The van der Waals surface area contributed by atoms with Gasteiger partial charge in [0.25, 0.3) is 0 Å². The summed E-state index contributed by atoms with van der Waals surface area (Å²) >= 11 is 3.37. The average Bonchev–Trinajstić information content (AvgIpc) is 2.34. The molecule has 5 nitrogen and oxygen atoms in total. The molecule has 6 heteroatoms. The van der Waals surface area contributed by atoms with E-state index in [0.29, 0.717) is 25.4 Å². The van der Waals surface area contributed by atoms with E-state index in [2.05, 4.69) is 26.1 Å². The Balaban J connectivity index is 1.90. The summed E-state index contributed by atoms with van der Waals surface area (Å²) in [6.07, 6.45) is 0. The molecule has 0 spiro atoms. The second kappa shape index (κ2) is 6.17. The fourth-order valence-electron chi connectivity index (χ4n) is 1.78. The number of hydrogen-bond donors (Lipinski definition) is 2. The van der Waals surface area contributed by atoms with E-state index in [1.54, 1.807) is 18.2 Å². The zero-order valence-electron chi connectivity index (χ0n) is 9.99. The summed E-state index contributed by atoms with van der Waals surface area (Å²) in [4.78, 5) is 13.9. The summed E-state index contributed by atoms with van der Waals surface area (Å²) in [5, 5.41) is 2.86. The van der Waals surface area contributed by atoms with Crippen LogP contribution in [0.1, 0.15) is 0 Å². The van der Waals surface area contributed by atoms with Crippen LogP contribution in [0.4, 0.5) is 11.4 Å². The number of morpholine rings is 1. The van der Waals surface area contributed by atoms with Gasteiger partial charge in [-0.1, -0.05) is 0 Å². The molecule has 3 N–H and O–H groups in total. The number of anilines is 2. The minimum absolute atomic E-state index is 0.0256. The average molecular weight is 314 g/mol. The van der Waals surface area contributed by atoms with Gasteiger partial charge in [0, 0.05) is 23.2 Å². The molecule has 1 aliphatic heterocycles. The summed E-state index contributed by atoms with van der Waals surface area (Å²) in [5.41, 5.74) is 7.04. The molecule has 0 atom stereocenters.